The molecule has 36 heavy (non-hydrogen) atoms. The number of rotatable bonds is 10. The molecule has 5 rings (SSSR count). The first-order valence-corrected chi connectivity index (χ1v) is 12.9. The Kier molecular flexibility index (Phi) is 6.66. The number of benzene rings is 2. The van der Waals surface area contributed by atoms with Crippen molar-refractivity contribution in [3.63, 3.8) is 0 Å². The number of ether oxygens (including phenoxy) is 4. The molecule has 5 atom stereocenters. The van der Waals surface area contributed by atoms with Crippen LogP contribution in [0.15, 0.2) is 60.7 Å². The van der Waals surface area contributed by atoms with Gasteiger partial charge in [-0.3, -0.25) is 9.59 Å². The average Bonchev–Trinajstić information content (AvgIpc) is 3.36. The zero-order chi connectivity index (χ0) is 25.4. The van der Waals surface area contributed by atoms with E-state index in [1.54, 1.807) is 0 Å². The van der Waals surface area contributed by atoms with Crippen LogP contribution in [-0.2, 0) is 41.8 Å². The van der Waals surface area contributed by atoms with E-state index in [1.807, 2.05) is 74.5 Å². The van der Waals surface area contributed by atoms with Crippen LogP contribution in [0.4, 0.5) is 0 Å². The molecule has 6 heteroatoms. The molecule has 6 nitrogen and oxygen atoms in total. The van der Waals surface area contributed by atoms with E-state index in [1.165, 1.54) is 0 Å². The first kappa shape index (κ1) is 25.3. The Morgan fingerprint density at radius 1 is 0.861 bits per heavy atom. The molecule has 2 aromatic rings. The van der Waals surface area contributed by atoms with Crippen molar-refractivity contribution in [1.29, 1.82) is 0 Å². The van der Waals surface area contributed by atoms with E-state index < -0.39 is 28.1 Å². The highest BCUT2D eigenvalue weighted by Gasteiger charge is 2.85. The maximum absolute atomic E-state index is 14.5. The maximum atomic E-state index is 14.5. The molecule has 3 aliphatic rings. The Bertz CT molecular complexity index is 1100. The van der Waals surface area contributed by atoms with Gasteiger partial charge in [0.15, 0.2) is 12.1 Å². The molecule has 2 aliphatic carbocycles. The fourth-order valence-electron chi connectivity index (χ4n) is 7.04. The van der Waals surface area contributed by atoms with E-state index in [2.05, 4.69) is 6.92 Å². The summed E-state index contributed by atoms with van der Waals surface area (Å²) in [5, 5.41) is 0. The largest absolute Gasteiger partial charge is 0.376 e. The van der Waals surface area contributed by atoms with Crippen LogP contribution < -0.4 is 0 Å². The van der Waals surface area contributed by atoms with Gasteiger partial charge in [-0.25, -0.2) is 0 Å². The predicted molar refractivity (Wildman–Crippen MR) is 134 cm³/mol. The summed E-state index contributed by atoms with van der Waals surface area (Å²) in [6.45, 7) is 7.75. The number of carbonyl (C=O) groups excluding carboxylic acids is 2. The smallest absolute Gasteiger partial charge is 0.159 e. The van der Waals surface area contributed by atoms with Crippen LogP contribution in [0, 0.1) is 16.2 Å². The molecule has 2 aromatic carbocycles. The third-order valence-electron chi connectivity index (χ3n) is 8.97. The van der Waals surface area contributed by atoms with E-state index >= 15 is 0 Å². The van der Waals surface area contributed by atoms with Gasteiger partial charge in [0, 0.05) is 31.3 Å². The normalized spacial score (nSPS) is 35.2. The molecule has 0 radical (unpaired) electrons. The van der Waals surface area contributed by atoms with Crippen molar-refractivity contribution in [1.82, 2.24) is 0 Å². The van der Waals surface area contributed by atoms with Crippen molar-refractivity contribution < 1.29 is 28.5 Å². The van der Waals surface area contributed by atoms with Gasteiger partial charge in [0.1, 0.15) is 5.78 Å². The fourth-order valence-corrected chi connectivity index (χ4v) is 7.04. The molecular formula is C30H36O6. The lowest BCUT2D eigenvalue weighted by Crippen LogP contribution is -2.56. The second-order valence-corrected chi connectivity index (χ2v) is 11.0. The molecule has 0 aromatic heterocycles. The van der Waals surface area contributed by atoms with Crippen LogP contribution >= 0.6 is 0 Å². The maximum Gasteiger partial charge on any atom is 0.159 e. The van der Waals surface area contributed by atoms with Gasteiger partial charge in [-0.15, -0.1) is 0 Å². The van der Waals surface area contributed by atoms with Gasteiger partial charge in [0.25, 0.3) is 0 Å². The van der Waals surface area contributed by atoms with E-state index in [-0.39, 0.29) is 37.6 Å². The Balaban J connectivity index is 1.47. The lowest BCUT2D eigenvalue weighted by atomic mass is 9.61. The molecule has 0 amide bonds. The highest BCUT2D eigenvalue weighted by Crippen LogP contribution is 2.75. The van der Waals surface area contributed by atoms with Gasteiger partial charge in [0.2, 0.25) is 0 Å². The minimum atomic E-state index is -0.977. The van der Waals surface area contributed by atoms with Gasteiger partial charge in [0.05, 0.1) is 42.9 Å². The molecular weight excluding hydrogens is 456 g/mol. The Morgan fingerprint density at radius 2 is 1.44 bits per heavy atom. The third kappa shape index (κ3) is 3.69. The van der Waals surface area contributed by atoms with Gasteiger partial charge in [-0.1, -0.05) is 67.6 Å². The topological polar surface area (TPSA) is 71.1 Å². The summed E-state index contributed by atoms with van der Waals surface area (Å²) in [6.07, 6.45) is 0.281. The van der Waals surface area contributed by atoms with Crippen molar-refractivity contribution >= 4 is 11.6 Å². The highest BCUT2D eigenvalue weighted by molar-refractivity contribution is 6.03. The predicted octanol–water partition coefficient (Wildman–Crippen LogP) is 4.89. The SMILES string of the molecule is CCOC1C[C@@]23CC(=O)C[C@]2(O1)[C@](C)(COCc1ccccc1)[C@](C)(COCc1ccccc1)C3=O. The van der Waals surface area contributed by atoms with E-state index in [0.717, 1.165) is 11.1 Å². The zero-order valence-electron chi connectivity index (χ0n) is 21.5. The Labute approximate surface area is 213 Å². The lowest BCUT2D eigenvalue weighted by Gasteiger charge is -2.48. The van der Waals surface area contributed by atoms with Crippen molar-refractivity contribution in [2.75, 3.05) is 19.8 Å². The van der Waals surface area contributed by atoms with Gasteiger partial charge < -0.3 is 18.9 Å². The number of Topliss-reactive ketones (excluding diaryl/α,β-unsaturated/α-hetero) is 2. The summed E-state index contributed by atoms with van der Waals surface area (Å²) in [5.41, 5.74) is -1.47. The number of carbonyl (C=O) groups is 2. The third-order valence-corrected chi connectivity index (χ3v) is 8.97. The second kappa shape index (κ2) is 9.49. The van der Waals surface area contributed by atoms with Crippen molar-refractivity contribution in [2.45, 2.75) is 65.1 Å². The second-order valence-electron chi connectivity index (χ2n) is 11.0. The van der Waals surface area contributed by atoms with Crippen molar-refractivity contribution in [2.24, 2.45) is 16.2 Å². The van der Waals surface area contributed by atoms with Crippen LogP contribution in [-0.4, -0.2) is 43.3 Å². The van der Waals surface area contributed by atoms with Crippen LogP contribution in [0.2, 0.25) is 0 Å². The summed E-state index contributed by atoms with van der Waals surface area (Å²) in [6, 6.07) is 19.9. The fraction of sp³-hybridized carbons (Fsp3) is 0.533. The molecule has 1 unspecified atom stereocenters. The summed E-state index contributed by atoms with van der Waals surface area (Å²) < 4.78 is 25.0. The number of hydrogen-bond acceptors (Lipinski definition) is 6. The lowest BCUT2D eigenvalue weighted by molar-refractivity contribution is -0.232. The van der Waals surface area contributed by atoms with Crippen LogP contribution in [0.5, 0.6) is 0 Å². The minimum Gasteiger partial charge on any atom is -0.376 e. The minimum absolute atomic E-state index is 0.0434. The molecule has 1 heterocycles. The Hall–Kier alpha value is -2.38. The quantitative estimate of drug-likeness (QED) is 0.471. The van der Waals surface area contributed by atoms with E-state index in [9.17, 15) is 9.59 Å². The highest BCUT2D eigenvalue weighted by atomic mass is 16.7. The average molecular weight is 493 g/mol. The van der Waals surface area contributed by atoms with Crippen molar-refractivity contribution in [3.8, 4) is 0 Å². The zero-order valence-corrected chi connectivity index (χ0v) is 21.5. The van der Waals surface area contributed by atoms with Crippen LogP contribution in [0.1, 0.15) is 51.2 Å². The molecule has 2 saturated carbocycles. The molecule has 0 spiro atoms. The standard InChI is InChI=1S/C30H36O6/c1-4-35-25-17-29-15-24(31)16-30(29,36-25)28(3,21-34-19-23-13-9-6-10-14-23)27(2,26(29)32)20-33-18-22-11-7-5-8-12-22/h5-14,25H,4,15-21H2,1-3H3/t25?,27-,28-,29-,30+/m1/s1. The Morgan fingerprint density at radius 3 is 2.03 bits per heavy atom. The summed E-state index contributed by atoms with van der Waals surface area (Å²) in [5.74, 6) is 0.113. The molecule has 0 N–H and O–H groups in total. The molecule has 192 valence electrons. The van der Waals surface area contributed by atoms with E-state index in [4.69, 9.17) is 18.9 Å². The summed E-state index contributed by atoms with van der Waals surface area (Å²) in [4.78, 5) is 27.4. The van der Waals surface area contributed by atoms with Crippen LogP contribution in [0.25, 0.3) is 0 Å². The van der Waals surface area contributed by atoms with E-state index in [0.29, 0.717) is 26.2 Å². The number of hydrogen-bond donors (Lipinski definition) is 0. The van der Waals surface area contributed by atoms with Gasteiger partial charge in [-0.2, -0.15) is 0 Å². The molecule has 3 fully saturated rings. The number of ketones is 2. The molecule has 1 aliphatic heterocycles. The monoisotopic (exact) mass is 492 g/mol. The molecule has 0 bridgehead atoms. The first-order chi connectivity index (χ1) is 17.3. The first-order valence-electron chi connectivity index (χ1n) is 12.9. The van der Waals surface area contributed by atoms with Crippen molar-refractivity contribution in [3.05, 3.63) is 71.8 Å². The van der Waals surface area contributed by atoms with Crippen LogP contribution in [0.3, 0.4) is 0 Å². The van der Waals surface area contributed by atoms with Gasteiger partial charge >= 0.3 is 0 Å². The molecule has 1 saturated heterocycles. The summed E-state index contributed by atoms with van der Waals surface area (Å²) >= 11 is 0. The summed E-state index contributed by atoms with van der Waals surface area (Å²) in [7, 11) is 0. The van der Waals surface area contributed by atoms with Gasteiger partial charge in [-0.05, 0) is 25.0 Å².